The lowest BCUT2D eigenvalue weighted by Crippen LogP contribution is -2.51. The number of carbonyl (C=O) groups is 3. The minimum atomic E-state index is -0.961. The second-order valence-corrected chi connectivity index (χ2v) is 5.50. The van der Waals surface area contributed by atoms with Crippen molar-refractivity contribution >= 4 is 18.0 Å². The first-order chi connectivity index (χ1) is 9.86. The van der Waals surface area contributed by atoms with Gasteiger partial charge >= 0.3 is 18.0 Å². The van der Waals surface area contributed by atoms with Gasteiger partial charge in [-0.1, -0.05) is 13.8 Å². The van der Waals surface area contributed by atoms with Crippen LogP contribution in [0.4, 0.5) is 4.79 Å². The molecule has 1 rings (SSSR count). The Morgan fingerprint density at radius 3 is 2.57 bits per heavy atom. The first-order valence-electron chi connectivity index (χ1n) is 7.32. The predicted molar refractivity (Wildman–Crippen MR) is 75.8 cm³/mol. The number of aliphatic carboxylic acids is 1. The van der Waals surface area contributed by atoms with Gasteiger partial charge in [-0.15, -0.1) is 0 Å². The number of likely N-dealkylation sites (tertiary alicyclic amines) is 1. The van der Waals surface area contributed by atoms with Crippen molar-refractivity contribution in [3.63, 3.8) is 0 Å². The van der Waals surface area contributed by atoms with Crippen LogP contribution in [0.15, 0.2) is 0 Å². The molecule has 0 aromatic rings. The number of carbonyl (C=O) groups excluding carboxylic acids is 2. The molecule has 120 valence electrons. The van der Waals surface area contributed by atoms with E-state index in [-0.39, 0.29) is 18.9 Å². The fraction of sp³-hybridized carbons (Fsp3) is 0.786. The maximum absolute atomic E-state index is 12.3. The first-order valence-corrected chi connectivity index (χ1v) is 7.32. The highest BCUT2D eigenvalue weighted by Crippen LogP contribution is 2.19. The smallest absolute Gasteiger partial charge is 0.328 e. The molecule has 2 N–H and O–H groups in total. The number of urea groups is 1. The summed E-state index contributed by atoms with van der Waals surface area (Å²) in [6, 6.07) is -1.42. The number of hydrogen-bond acceptors (Lipinski definition) is 4. The van der Waals surface area contributed by atoms with E-state index in [1.807, 2.05) is 13.8 Å². The predicted octanol–water partition coefficient (Wildman–Crippen LogP) is 1.22. The minimum absolute atomic E-state index is 0.00584. The van der Waals surface area contributed by atoms with Crippen LogP contribution < -0.4 is 5.32 Å². The Morgan fingerprint density at radius 2 is 2.05 bits per heavy atom. The molecule has 0 bridgehead atoms. The summed E-state index contributed by atoms with van der Waals surface area (Å²) in [5, 5.41) is 11.6. The number of nitrogens with one attached hydrogen (secondary N) is 1. The zero-order chi connectivity index (χ0) is 16.0. The molecule has 2 unspecified atom stereocenters. The number of carboxylic acids is 1. The largest absolute Gasteiger partial charge is 0.481 e. The molecule has 0 aliphatic carbocycles. The van der Waals surface area contributed by atoms with E-state index in [1.54, 1.807) is 6.92 Å². The second kappa shape index (κ2) is 7.85. The van der Waals surface area contributed by atoms with Gasteiger partial charge in [0.05, 0.1) is 13.0 Å². The number of carboxylic acid groups (broad SMARTS) is 1. The van der Waals surface area contributed by atoms with Gasteiger partial charge in [0.2, 0.25) is 0 Å². The van der Waals surface area contributed by atoms with Gasteiger partial charge in [-0.05, 0) is 25.7 Å². The highest BCUT2D eigenvalue weighted by molar-refractivity contribution is 5.84. The third-order valence-electron chi connectivity index (χ3n) is 3.58. The zero-order valence-corrected chi connectivity index (χ0v) is 12.8. The normalized spacial score (nSPS) is 19.4. The van der Waals surface area contributed by atoms with Crippen molar-refractivity contribution in [2.45, 2.75) is 52.1 Å². The van der Waals surface area contributed by atoms with Crippen molar-refractivity contribution in [3.05, 3.63) is 0 Å². The summed E-state index contributed by atoms with van der Waals surface area (Å²) < 4.78 is 4.97. The first kappa shape index (κ1) is 17.3. The van der Waals surface area contributed by atoms with Crippen LogP contribution in [0, 0.1) is 5.92 Å². The Kier molecular flexibility index (Phi) is 6.45. The number of rotatable bonds is 6. The molecule has 1 heterocycles. The summed E-state index contributed by atoms with van der Waals surface area (Å²) in [5.41, 5.74) is 0. The third kappa shape index (κ3) is 4.91. The molecule has 7 nitrogen and oxygen atoms in total. The number of nitrogens with zero attached hydrogens (tertiary/aromatic N) is 1. The monoisotopic (exact) mass is 300 g/mol. The Balaban J connectivity index is 2.67. The van der Waals surface area contributed by atoms with Crippen LogP contribution >= 0.6 is 0 Å². The maximum Gasteiger partial charge on any atom is 0.328 e. The number of amides is 2. The molecule has 1 aliphatic rings. The van der Waals surface area contributed by atoms with E-state index >= 15 is 0 Å². The van der Waals surface area contributed by atoms with Gasteiger partial charge in [0, 0.05) is 12.6 Å². The van der Waals surface area contributed by atoms with Crippen molar-refractivity contribution in [1.82, 2.24) is 10.2 Å². The molecular formula is C14H24N2O5. The average Bonchev–Trinajstić information content (AvgIpc) is 2.86. The summed E-state index contributed by atoms with van der Waals surface area (Å²) in [6.45, 7) is 6.17. The van der Waals surface area contributed by atoms with E-state index in [0.717, 1.165) is 6.42 Å². The van der Waals surface area contributed by atoms with Gasteiger partial charge in [-0.3, -0.25) is 4.79 Å². The summed E-state index contributed by atoms with van der Waals surface area (Å²) in [7, 11) is 0. The van der Waals surface area contributed by atoms with Crippen LogP contribution in [-0.2, 0) is 14.3 Å². The zero-order valence-electron chi connectivity index (χ0n) is 12.8. The molecule has 0 aromatic carbocycles. The van der Waals surface area contributed by atoms with Gasteiger partial charge in [-0.2, -0.15) is 0 Å². The van der Waals surface area contributed by atoms with Gasteiger partial charge in [-0.25, -0.2) is 9.59 Å². The summed E-state index contributed by atoms with van der Waals surface area (Å²) in [6.07, 6.45) is 1.18. The standard InChI is InChI=1S/C14H24N2O5/c1-4-21-13(19)11-6-5-7-16(11)14(20)15-10(9(2)3)8-12(17)18/h9-11H,4-8H2,1-3H3,(H,15,20)(H,17,18). The average molecular weight is 300 g/mol. The van der Waals surface area contributed by atoms with E-state index < -0.39 is 30.1 Å². The number of esters is 1. The maximum atomic E-state index is 12.3. The fourth-order valence-corrected chi connectivity index (χ4v) is 2.38. The molecule has 0 aromatic heterocycles. The van der Waals surface area contributed by atoms with Crippen molar-refractivity contribution in [3.8, 4) is 0 Å². The molecule has 1 fully saturated rings. The summed E-state index contributed by atoms with van der Waals surface area (Å²) >= 11 is 0. The molecule has 2 atom stereocenters. The van der Waals surface area contributed by atoms with Crippen molar-refractivity contribution in [2.24, 2.45) is 5.92 Å². The van der Waals surface area contributed by atoms with Crippen LogP contribution in [0.25, 0.3) is 0 Å². The SMILES string of the molecule is CCOC(=O)C1CCCN1C(=O)NC(CC(=O)O)C(C)C. The molecule has 2 amide bonds. The Morgan fingerprint density at radius 1 is 1.38 bits per heavy atom. The molecule has 0 spiro atoms. The Hall–Kier alpha value is -1.79. The van der Waals surface area contributed by atoms with Crippen LogP contribution in [-0.4, -0.2) is 53.2 Å². The van der Waals surface area contributed by atoms with Crippen LogP contribution in [0.5, 0.6) is 0 Å². The molecule has 0 radical (unpaired) electrons. The van der Waals surface area contributed by atoms with Crippen LogP contribution in [0.3, 0.4) is 0 Å². The summed E-state index contributed by atoms with van der Waals surface area (Å²) in [5.74, 6) is -1.37. The molecular weight excluding hydrogens is 276 g/mol. The van der Waals surface area contributed by atoms with Crippen molar-refractivity contribution in [2.75, 3.05) is 13.2 Å². The highest BCUT2D eigenvalue weighted by Gasteiger charge is 2.36. The van der Waals surface area contributed by atoms with Gasteiger partial charge < -0.3 is 20.1 Å². The molecule has 1 saturated heterocycles. The van der Waals surface area contributed by atoms with Gasteiger partial charge in [0.1, 0.15) is 6.04 Å². The number of ether oxygens (including phenoxy) is 1. The quantitative estimate of drug-likeness (QED) is 0.719. The molecule has 1 aliphatic heterocycles. The van der Waals surface area contributed by atoms with Gasteiger partial charge in [0.25, 0.3) is 0 Å². The molecule has 7 heteroatoms. The van der Waals surface area contributed by atoms with Crippen molar-refractivity contribution in [1.29, 1.82) is 0 Å². The van der Waals surface area contributed by atoms with E-state index in [9.17, 15) is 14.4 Å². The van der Waals surface area contributed by atoms with E-state index in [4.69, 9.17) is 9.84 Å². The van der Waals surface area contributed by atoms with E-state index in [0.29, 0.717) is 13.0 Å². The van der Waals surface area contributed by atoms with E-state index in [2.05, 4.69) is 5.32 Å². The number of hydrogen-bond donors (Lipinski definition) is 2. The van der Waals surface area contributed by atoms with Crippen molar-refractivity contribution < 1.29 is 24.2 Å². The molecule has 0 saturated carbocycles. The lowest BCUT2D eigenvalue weighted by atomic mass is 10.0. The van der Waals surface area contributed by atoms with Crippen LogP contribution in [0.1, 0.15) is 40.0 Å². The Bertz CT molecular complexity index is 397. The van der Waals surface area contributed by atoms with Crippen LogP contribution in [0.2, 0.25) is 0 Å². The highest BCUT2D eigenvalue weighted by atomic mass is 16.5. The van der Waals surface area contributed by atoms with Gasteiger partial charge in [0.15, 0.2) is 0 Å². The topological polar surface area (TPSA) is 95.9 Å². The third-order valence-corrected chi connectivity index (χ3v) is 3.58. The molecule has 21 heavy (non-hydrogen) atoms. The lowest BCUT2D eigenvalue weighted by molar-refractivity contribution is -0.147. The minimum Gasteiger partial charge on any atom is -0.481 e. The second-order valence-electron chi connectivity index (χ2n) is 5.50. The lowest BCUT2D eigenvalue weighted by Gasteiger charge is -2.27. The summed E-state index contributed by atoms with van der Waals surface area (Å²) in [4.78, 5) is 36.4. The fourth-order valence-electron chi connectivity index (χ4n) is 2.38. The Labute approximate surface area is 124 Å². The van der Waals surface area contributed by atoms with E-state index in [1.165, 1.54) is 4.90 Å².